The summed E-state index contributed by atoms with van der Waals surface area (Å²) in [6.45, 7) is 3.89. The highest BCUT2D eigenvalue weighted by Crippen LogP contribution is 2.21. The van der Waals surface area contributed by atoms with E-state index in [2.05, 4.69) is 17.2 Å². The summed E-state index contributed by atoms with van der Waals surface area (Å²) >= 11 is 0. The monoisotopic (exact) mass is 245 g/mol. The third-order valence-electron chi connectivity index (χ3n) is 2.70. The lowest BCUT2D eigenvalue weighted by atomic mass is 10.3. The number of rotatable bonds is 6. The van der Waals surface area contributed by atoms with Crippen molar-refractivity contribution in [3.05, 3.63) is 42.3 Å². The molecule has 96 valence electrons. The normalized spacial score (nSPS) is 10.6. The molecule has 0 fully saturated rings. The summed E-state index contributed by atoms with van der Waals surface area (Å²) in [4.78, 5) is 6.39. The lowest BCUT2D eigenvalue weighted by Gasteiger charge is -2.13. The van der Waals surface area contributed by atoms with Crippen molar-refractivity contribution in [1.29, 1.82) is 0 Å². The van der Waals surface area contributed by atoms with E-state index in [4.69, 9.17) is 4.42 Å². The standard InChI is InChI=1S/C14H19N3O/c1-3-9-15-10-12-11-18-14(16-12)17(2)13-7-5-4-6-8-13/h4-8,11,15H,3,9-10H2,1-2H3. The minimum atomic E-state index is 0.620. The van der Waals surface area contributed by atoms with Crippen LogP contribution in [0.2, 0.25) is 0 Å². The SMILES string of the molecule is CCCNCc1coc(N(C)c2ccccc2)n1. The van der Waals surface area contributed by atoms with Crippen LogP contribution in [0.1, 0.15) is 19.0 Å². The summed E-state index contributed by atoms with van der Waals surface area (Å²) in [5.74, 6) is 0. The zero-order valence-electron chi connectivity index (χ0n) is 10.9. The minimum absolute atomic E-state index is 0.620. The number of oxazole rings is 1. The molecule has 2 aromatic rings. The maximum absolute atomic E-state index is 5.49. The number of hydrogen-bond acceptors (Lipinski definition) is 4. The van der Waals surface area contributed by atoms with E-state index in [0.717, 1.165) is 30.9 Å². The van der Waals surface area contributed by atoms with Crippen LogP contribution in [0.4, 0.5) is 11.7 Å². The van der Waals surface area contributed by atoms with Crippen LogP contribution in [0.3, 0.4) is 0 Å². The predicted octanol–water partition coefficient (Wildman–Crippen LogP) is 2.94. The second-order valence-corrected chi connectivity index (χ2v) is 4.19. The largest absolute Gasteiger partial charge is 0.431 e. The molecule has 0 unspecified atom stereocenters. The Bertz CT molecular complexity index is 467. The fourth-order valence-corrected chi connectivity index (χ4v) is 1.69. The molecule has 0 aliphatic carbocycles. The molecule has 0 radical (unpaired) electrons. The number of nitrogens with zero attached hydrogens (tertiary/aromatic N) is 2. The topological polar surface area (TPSA) is 41.3 Å². The Kier molecular flexibility index (Phi) is 4.36. The molecular weight excluding hydrogens is 226 g/mol. The van der Waals surface area contributed by atoms with E-state index in [9.17, 15) is 0 Å². The van der Waals surface area contributed by atoms with Crippen molar-refractivity contribution in [3.63, 3.8) is 0 Å². The van der Waals surface area contributed by atoms with Crippen molar-refractivity contribution in [2.45, 2.75) is 19.9 Å². The van der Waals surface area contributed by atoms with Crippen molar-refractivity contribution in [2.24, 2.45) is 0 Å². The molecule has 0 saturated carbocycles. The van der Waals surface area contributed by atoms with Crippen LogP contribution >= 0.6 is 0 Å². The number of para-hydroxylation sites is 1. The van der Waals surface area contributed by atoms with E-state index in [1.165, 1.54) is 0 Å². The number of anilines is 2. The molecule has 4 nitrogen and oxygen atoms in total. The first-order valence-corrected chi connectivity index (χ1v) is 6.25. The van der Waals surface area contributed by atoms with Crippen LogP contribution in [0.25, 0.3) is 0 Å². The molecule has 0 atom stereocenters. The van der Waals surface area contributed by atoms with Gasteiger partial charge in [-0.3, -0.25) is 4.90 Å². The van der Waals surface area contributed by atoms with Gasteiger partial charge < -0.3 is 9.73 Å². The average Bonchev–Trinajstić information content (AvgIpc) is 2.88. The van der Waals surface area contributed by atoms with Crippen molar-refractivity contribution in [2.75, 3.05) is 18.5 Å². The molecule has 4 heteroatoms. The van der Waals surface area contributed by atoms with Crippen molar-refractivity contribution >= 4 is 11.7 Å². The predicted molar refractivity (Wildman–Crippen MR) is 73.0 cm³/mol. The number of benzene rings is 1. The van der Waals surface area contributed by atoms with Gasteiger partial charge in [0.25, 0.3) is 0 Å². The molecule has 0 aliphatic rings. The van der Waals surface area contributed by atoms with Gasteiger partial charge >= 0.3 is 6.01 Å². The van der Waals surface area contributed by atoms with Gasteiger partial charge in [-0.1, -0.05) is 25.1 Å². The van der Waals surface area contributed by atoms with Crippen molar-refractivity contribution < 1.29 is 4.42 Å². The Morgan fingerprint density at radius 3 is 2.78 bits per heavy atom. The maximum atomic E-state index is 5.49. The summed E-state index contributed by atoms with van der Waals surface area (Å²) in [5.41, 5.74) is 1.99. The summed E-state index contributed by atoms with van der Waals surface area (Å²) < 4.78 is 5.49. The van der Waals surface area contributed by atoms with E-state index in [1.807, 2.05) is 42.3 Å². The molecular formula is C14H19N3O. The third-order valence-corrected chi connectivity index (χ3v) is 2.70. The Labute approximate surface area is 108 Å². The van der Waals surface area contributed by atoms with Gasteiger partial charge in [-0.2, -0.15) is 4.98 Å². The molecule has 0 spiro atoms. The Morgan fingerprint density at radius 1 is 1.28 bits per heavy atom. The van der Waals surface area contributed by atoms with Gasteiger partial charge in [0.15, 0.2) is 0 Å². The van der Waals surface area contributed by atoms with E-state index in [0.29, 0.717) is 6.01 Å². The van der Waals surface area contributed by atoms with Gasteiger partial charge in [-0.15, -0.1) is 0 Å². The molecule has 1 aromatic heterocycles. The first-order chi connectivity index (χ1) is 8.81. The molecule has 0 saturated heterocycles. The Morgan fingerprint density at radius 2 is 2.06 bits per heavy atom. The van der Waals surface area contributed by atoms with Crippen LogP contribution in [0.5, 0.6) is 0 Å². The fourth-order valence-electron chi connectivity index (χ4n) is 1.69. The zero-order chi connectivity index (χ0) is 12.8. The van der Waals surface area contributed by atoms with Gasteiger partial charge in [0, 0.05) is 19.3 Å². The summed E-state index contributed by atoms with van der Waals surface area (Å²) in [6.07, 6.45) is 2.83. The van der Waals surface area contributed by atoms with E-state index in [-0.39, 0.29) is 0 Å². The minimum Gasteiger partial charge on any atom is -0.431 e. The Hall–Kier alpha value is -1.81. The quantitative estimate of drug-likeness (QED) is 0.794. The molecule has 1 aromatic carbocycles. The molecule has 0 aliphatic heterocycles. The number of aromatic nitrogens is 1. The molecule has 0 bridgehead atoms. The molecule has 0 amide bonds. The van der Waals surface area contributed by atoms with Crippen LogP contribution in [-0.2, 0) is 6.54 Å². The van der Waals surface area contributed by atoms with Gasteiger partial charge in [0.1, 0.15) is 6.26 Å². The van der Waals surface area contributed by atoms with Gasteiger partial charge in [-0.25, -0.2) is 0 Å². The van der Waals surface area contributed by atoms with Crippen LogP contribution in [0, 0.1) is 0 Å². The molecule has 18 heavy (non-hydrogen) atoms. The van der Waals surface area contributed by atoms with Gasteiger partial charge in [0.2, 0.25) is 0 Å². The number of hydrogen-bond donors (Lipinski definition) is 1. The third kappa shape index (κ3) is 3.11. The second-order valence-electron chi connectivity index (χ2n) is 4.19. The van der Waals surface area contributed by atoms with E-state index < -0.39 is 0 Å². The fraction of sp³-hybridized carbons (Fsp3) is 0.357. The molecule has 1 N–H and O–H groups in total. The van der Waals surface area contributed by atoms with Crippen molar-refractivity contribution in [1.82, 2.24) is 10.3 Å². The highest BCUT2D eigenvalue weighted by Gasteiger charge is 2.10. The summed E-state index contributed by atoms with van der Waals surface area (Å²) in [5, 5.41) is 3.30. The van der Waals surface area contributed by atoms with Crippen LogP contribution in [-0.4, -0.2) is 18.6 Å². The molecule has 2 rings (SSSR count). The van der Waals surface area contributed by atoms with Gasteiger partial charge in [-0.05, 0) is 25.1 Å². The highest BCUT2D eigenvalue weighted by molar-refractivity contribution is 5.54. The Balaban J connectivity index is 2.01. The molecule has 1 heterocycles. The van der Waals surface area contributed by atoms with Crippen LogP contribution < -0.4 is 10.2 Å². The average molecular weight is 245 g/mol. The highest BCUT2D eigenvalue weighted by atomic mass is 16.4. The summed E-state index contributed by atoms with van der Waals surface area (Å²) in [7, 11) is 1.95. The summed E-state index contributed by atoms with van der Waals surface area (Å²) in [6, 6.07) is 10.7. The lowest BCUT2D eigenvalue weighted by Crippen LogP contribution is -2.14. The van der Waals surface area contributed by atoms with Gasteiger partial charge in [0.05, 0.1) is 5.69 Å². The van der Waals surface area contributed by atoms with E-state index >= 15 is 0 Å². The number of nitrogens with one attached hydrogen (secondary N) is 1. The first kappa shape index (κ1) is 12.6. The lowest BCUT2D eigenvalue weighted by molar-refractivity contribution is 0.557. The second kappa shape index (κ2) is 6.21. The first-order valence-electron chi connectivity index (χ1n) is 6.25. The zero-order valence-corrected chi connectivity index (χ0v) is 10.9. The van der Waals surface area contributed by atoms with Crippen LogP contribution in [0.15, 0.2) is 41.0 Å². The smallest absolute Gasteiger partial charge is 0.301 e. The van der Waals surface area contributed by atoms with Crippen molar-refractivity contribution in [3.8, 4) is 0 Å². The van der Waals surface area contributed by atoms with E-state index in [1.54, 1.807) is 6.26 Å². The maximum Gasteiger partial charge on any atom is 0.301 e.